The summed E-state index contributed by atoms with van der Waals surface area (Å²) in [6.45, 7) is 2.66. The van der Waals surface area contributed by atoms with E-state index >= 15 is 0 Å². The Labute approximate surface area is 158 Å². The van der Waals surface area contributed by atoms with Gasteiger partial charge in [0.15, 0.2) is 5.69 Å². The number of carbonyl (C=O) groups excluding carboxylic acids is 1. The topological polar surface area (TPSA) is 88.5 Å². The number of rotatable bonds is 3. The molecule has 0 radical (unpaired) electrons. The Kier molecular flexibility index (Phi) is 4.40. The van der Waals surface area contributed by atoms with Crippen LogP contribution in [0.4, 0.5) is 18.9 Å². The maximum Gasteiger partial charge on any atom is 0.432 e. The molecule has 28 heavy (non-hydrogen) atoms. The number of amides is 1. The molecule has 1 aliphatic rings. The van der Waals surface area contributed by atoms with E-state index in [9.17, 15) is 18.0 Å². The van der Waals surface area contributed by atoms with Gasteiger partial charge in [-0.05, 0) is 31.0 Å². The number of aromatic amines is 1. The summed E-state index contributed by atoms with van der Waals surface area (Å²) in [4.78, 5) is 12.2. The fraction of sp³-hybridized carbons (Fsp3) is 0.333. The lowest BCUT2D eigenvalue weighted by Gasteiger charge is -2.24. The highest BCUT2D eigenvalue weighted by molar-refractivity contribution is 6.02. The Balaban J connectivity index is 1.49. The van der Waals surface area contributed by atoms with Crippen molar-refractivity contribution in [2.75, 3.05) is 5.32 Å². The zero-order valence-electron chi connectivity index (χ0n) is 14.9. The number of carbonyl (C=O) groups is 1. The van der Waals surface area contributed by atoms with Crippen molar-refractivity contribution in [1.82, 2.24) is 25.0 Å². The van der Waals surface area contributed by atoms with Gasteiger partial charge in [-0.2, -0.15) is 18.3 Å². The van der Waals surface area contributed by atoms with Gasteiger partial charge in [-0.3, -0.25) is 9.89 Å². The van der Waals surface area contributed by atoms with Crippen LogP contribution in [0.1, 0.15) is 45.7 Å². The molecular weight excluding hydrogens is 373 g/mol. The van der Waals surface area contributed by atoms with Crippen molar-refractivity contribution in [3.63, 3.8) is 0 Å². The maximum absolute atomic E-state index is 12.6. The summed E-state index contributed by atoms with van der Waals surface area (Å²) in [7, 11) is 0. The van der Waals surface area contributed by atoms with E-state index in [1.807, 2.05) is 30.2 Å². The van der Waals surface area contributed by atoms with Crippen LogP contribution >= 0.6 is 0 Å². The number of hydrogen-bond acceptors (Lipinski definition) is 4. The molecule has 0 saturated heterocycles. The number of hydrogen-bond donors (Lipinski definition) is 2. The monoisotopic (exact) mass is 390 g/mol. The largest absolute Gasteiger partial charge is 0.432 e. The van der Waals surface area contributed by atoms with E-state index < -0.39 is 17.8 Å². The van der Waals surface area contributed by atoms with Crippen molar-refractivity contribution >= 4 is 11.6 Å². The fourth-order valence-corrected chi connectivity index (χ4v) is 3.38. The molecule has 1 atom stereocenters. The predicted molar refractivity (Wildman–Crippen MR) is 93.8 cm³/mol. The summed E-state index contributed by atoms with van der Waals surface area (Å²) in [6.07, 6.45) is -2.86. The Hall–Kier alpha value is -3.17. The third-order valence-electron chi connectivity index (χ3n) is 4.86. The van der Waals surface area contributed by atoms with Gasteiger partial charge >= 0.3 is 6.18 Å². The van der Waals surface area contributed by atoms with E-state index in [2.05, 4.69) is 25.2 Å². The van der Waals surface area contributed by atoms with Gasteiger partial charge in [0.1, 0.15) is 17.3 Å². The lowest BCUT2D eigenvalue weighted by Crippen LogP contribution is -2.20. The van der Waals surface area contributed by atoms with Crippen molar-refractivity contribution in [2.24, 2.45) is 0 Å². The van der Waals surface area contributed by atoms with E-state index in [0.29, 0.717) is 11.8 Å². The number of aromatic nitrogens is 5. The molecule has 0 aliphatic carbocycles. The van der Waals surface area contributed by atoms with Gasteiger partial charge in [-0.1, -0.05) is 12.1 Å². The van der Waals surface area contributed by atoms with Gasteiger partial charge in [-0.25, -0.2) is 0 Å². The number of fused-ring (bicyclic) bond motifs is 1. The smallest absolute Gasteiger partial charge is 0.321 e. The van der Waals surface area contributed by atoms with Crippen LogP contribution in [0, 0.1) is 6.92 Å². The molecule has 2 N–H and O–H groups in total. The van der Waals surface area contributed by atoms with Crippen molar-refractivity contribution in [1.29, 1.82) is 0 Å². The predicted octanol–water partition coefficient (Wildman–Crippen LogP) is 3.31. The minimum Gasteiger partial charge on any atom is -0.321 e. The Bertz CT molecular complexity index is 1020. The van der Waals surface area contributed by atoms with Crippen LogP contribution in [0.15, 0.2) is 30.3 Å². The van der Waals surface area contributed by atoms with Crippen molar-refractivity contribution in [3.8, 4) is 0 Å². The van der Waals surface area contributed by atoms with Gasteiger partial charge in [0.05, 0.1) is 0 Å². The molecule has 7 nitrogen and oxygen atoms in total. The zero-order valence-corrected chi connectivity index (χ0v) is 14.9. The summed E-state index contributed by atoms with van der Waals surface area (Å²) in [5, 5.41) is 16.2. The molecule has 1 unspecified atom stereocenters. The van der Waals surface area contributed by atoms with Gasteiger partial charge in [-0.15, -0.1) is 10.2 Å². The van der Waals surface area contributed by atoms with Crippen LogP contribution in [0.25, 0.3) is 0 Å². The standard InChI is InChI=1S/C18H17F3N6O/c1-10-23-26-16-6-5-12(9-27(10)16)11-3-2-4-13(7-11)22-17(28)14-8-15(25-24-14)18(19,20)21/h2-4,7-8,12H,5-6,9H2,1H3,(H,22,28)(H,24,25). The Morgan fingerprint density at radius 2 is 2.11 bits per heavy atom. The average molecular weight is 390 g/mol. The molecular formula is C18H17F3N6O. The first-order valence-electron chi connectivity index (χ1n) is 8.74. The number of H-pyrrole nitrogens is 1. The van der Waals surface area contributed by atoms with E-state index in [4.69, 9.17) is 0 Å². The van der Waals surface area contributed by atoms with Crippen molar-refractivity contribution < 1.29 is 18.0 Å². The van der Waals surface area contributed by atoms with Crippen molar-refractivity contribution in [3.05, 3.63) is 58.9 Å². The second kappa shape index (κ2) is 6.77. The zero-order chi connectivity index (χ0) is 19.9. The Morgan fingerprint density at radius 3 is 2.86 bits per heavy atom. The summed E-state index contributed by atoms with van der Waals surface area (Å²) >= 11 is 0. The lowest BCUT2D eigenvalue weighted by atomic mass is 9.91. The highest BCUT2D eigenvalue weighted by atomic mass is 19.4. The number of nitrogens with one attached hydrogen (secondary N) is 2. The molecule has 0 fully saturated rings. The number of benzene rings is 1. The second-order valence-corrected chi connectivity index (χ2v) is 6.75. The van der Waals surface area contributed by atoms with Crippen LogP contribution in [-0.4, -0.2) is 30.9 Å². The second-order valence-electron chi connectivity index (χ2n) is 6.75. The molecule has 1 amide bonds. The summed E-state index contributed by atoms with van der Waals surface area (Å²) in [6, 6.07) is 8.00. The highest BCUT2D eigenvalue weighted by Crippen LogP contribution is 2.31. The number of anilines is 1. The molecule has 1 aromatic carbocycles. The van der Waals surface area contributed by atoms with E-state index in [-0.39, 0.29) is 11.6 Å². The van der Waals surface area contributed by atoms with E-state index in [1.54, 1.807) is 6.07 Å². The van der Waals surface area contributed by atoms with Gasteiger partial charge < -0.3 is 9.88 Å². The fourth-order valence-electron chi connectivity index (χ4n) is 3.38. The maximum atomic E-state index is 12.6. The molecule has 2 aromatic heterocycles. The third kappa shape index (κ3) is 3.49. The first kappa shape index (κ1) is 18.2. The van der Waals surface area contributed by atoms with Crippen LogP contribution in [0.3, 0.4) is 0 Å². The number of halogens is 3. The van der Waals surface area contributed by atoms with Gasteiger partial charge in [0.2, 0.25) is 0 Å². The van der Waals surface area contributed by atoms with Crippen molar-refractivity contribution in [2.45, 2.75) is 38.4 Å². The molecule has 4 rings (SSSR count). The minimum atomic E-state index is -4.58. The summed E-state index contributed by atoms with van der Waals surface area (Å²) < 4.78 is 40.0. The molecule has 1 aliphatic heterocycles. The summed E-state index contributed by atoms with van der Waals surface area (Å²) in [5.74, 6) is 1.37. The molecule has 0 spiro atoms. The lowest BCUT2D eigenvalue weighted by molar-refractivity contribution is -0.141. The van der Waals surface area contributed by atoms with E-state index in [0.717, 1.165) is 36.6 Å². The Morgan fingerprint density at radius 1 is 1.29 bits per heavy atom. The van der Waals surface area contributed by atoms with Crippen LogP contribution in [0.2, 0.25) is 0 Å². The van der Waals surface area contributed by atoms with Crippen LogP contribution in [-0.2, 0) is 19.1 Å². The molecule has 10 heteroatoms. The molecule has 0 bridgehead atoms. The summed E-state index contributed by atoms with van der Waals surface area (Å²) in [5.41, 5.74) is 0.161. The van der Waals surface area contributed by atoms with E-state index in [1.165, 1.54) is 0 Å². The molecule has 3 heterocycles. The highest BCUT2D eigenvalue weighted by Gasteiger charge is 2.33. The van der Waals surface area contributed by atoms with Gasteiger partial charge in [0.25, 0.3) is 5.91 Å². The quantitative estimate of drug-likeness (QED) is 0.718. The third-order valence-corrected chi connectivity index (χ3v) is 4.86. The van der Waals surface area contributed by atoms with Crippen LogP contribution in [0.5, 0.6) is 0 Å². The number of nitrogens with zero attached hydrogens (tertiary/aromatic N) is 4. The minimum absolute atomic E-state index is 0.237. The average Bonchev–Trinajstić information content (AvgIpc) is 3.29. The molecule has 3 aromatic rings. The normalized spacial score (nSPS) is 16.6. The van der Waals surface area contributed by atoms with Gasteiger partial charge in [0, 0.05) is 30.6 Å². The number of aryl methyl sites for hydroxylation is 2. The SMILES string of the molecule is Cc1nnc2n1CC(c1cccc(NC(=O)c3cc(C(F)(F)F)[nH]n3)c1)CC2. The number of alkyl halides is 3. The first-order valence-corrected chi connectivity index (χ1v) is 8.74. The first-order chi connectivity index (χ1) is 13.3. The molecule has 146 valence electrons. The molecule has 0 saturated carbocycles. The van der Waals surface area contributed by atoms with Crippen LogP contribution < -0.4 is 5.32 Å².